The van der Waals surface area contributed by atoms with Crippen LogP contribution in [0.25, 0.3) is 0 Å². The zero-order valence-corrected chi connectivity index (χ0v) is 14.4. The molecule has 0 spiro atoms. The minimum Gasteiger partial charge on any atom is -0.381 e. The van der Waals surface area contributed by atoms with Crippen LogP contribution in [0.5, 0.6) is 0 Å². The molecule has 0 aliphatic carbocycles. The molecule has 2 rings (SSSR count). The molecule has 0 radical (unpaired) electrons. The molecule has 0 unspecified atom stereocenters. The first-order chi connectivity index (χ1) is 11.0. The molecule has 23 heavy (non-hydrogen) atoms. The fraction of sp³-hybridized carbons (Fsp3) is 0.286. The summed E-state index contributed by atoms with van der Waals surface area (Å²) in [6.45, 7) is 3.98. The highest BCUT2D eigenvalue weighted by molar-refractivity contribution is 5.96. The Morgan fingerprint density at radius 1 is 0.957 bits per heavy atom. The number of Topliss-reactive ketones (excluding diaryl/α,β-unsaturated/α-hetero) is 1. The van der Waals surface area contributed by atoms with Crippen molar-refractivity contribution in [3.05, 3.63) is 83.6 Å². The Labute approximate surface area is 139 Å². The van der Waals surface area contributed by atoms with Gasteiger partial charge < -0.3 is 4.90 Å². The van der Waals surface area contributed by atoms with E-state index in [0.717, 1.165) is 16.8 Å². The highest BCUT2D eigenvalue weighted by atomic mass is 16.1. The zero-order valence-electron chi connectivity index (χ0n) is 14.4. The lowest BCUT2D eigenvalue weighted by Crippen LogP contribution is -2.36. The maximum absolute atomic E-state index is 13.1. The fourth-order valence-corrected chi connectivity index (χ4v) is 2.86. The van der Waals surface area contributed by atoms with Gasteiger partial charge in [-0.05, 0) is 24.1 Å². The largest absolute Gasteiger partial charge is 0.381 e. The van der Waals surface area contributed by atoms with Crippen LogP contribution in [0.4, 0.5) is 0 Å². The summed E-state index contributed by atoms with van der Waals surface area (Å²) < 4.78 is 0. The second-order valence-corrected chi connectivity index (χ2v) is 6.00. The van der Waals surface area contributed by atoms with Crippen molar-refractivity contribution in [3.8, 4) is 0 Å². The normalized spacial score (nSPS) is 12.1. The van der Waals surface area contributed by atoms with Crippen molar-refractivity contribution < 1.29 is 4.79 Å². The molecule has 2 nitrogen and oxygen atoms in total. The van der Waals surface area contributed by atoms with Crippen LogP contribution in [0.15, 0.2) is 72.4 Å². The molecule has 0 aliphatic heterocycles. The molecule has 0 fully saturated rings. The first-order valence-corrected chi connectivity index (χ1v) is 8.03. The number of hydrogen-bond donors (Lipinski definition) is 0. The van der Waals surface area contributed by atoms with Gasteiger partial charge in [0.05, 0.1) is 5.41 Å². The lowest BCUT2D eigenvalue weighted by molar-refractivity contribution is -0.121. The van der Waals surface area contributed by atoms with Crippen LogP contribution < -0.4 is 0 Å². The SMILES string of the molecule is CCC(=O)C(/C=C(\C)N(C)C)(c1ccccc1)c1ccccc1. The number of carbonyl (C=O) groups is 1. The first-order valence-electron chi connectivity index (χ1n) is 8.03. The predicted octanol–water partition coefficient (Wildman–Crippen LogP) is 4.42. The maximum atomic E-state index is 13.1. The number of hydrogen-bond acceptors (Lipinski definition) is 2. The van der Waals surface area contributed by atoms with E-state index in [-0.39, 0.29) is 5.78 Å². The van der Waals surface area contributed by atoms with Gasteiger partial charge in [-0.3, -0.25) is 4.79 Å². The van der Waals surface area contributed by atoms with E-state index >= 15 is 0 Å². The van der Waals surface area contributed by atoms with E-state index in [4.69, 9.17) is 0 Å². The highest BCUT2D eigenvalue weighted by Gasteiger charge is 2.38. The van der Waals surface area contributed by atoms with Crippen LogP contribution in [0.3, 0.4) is 0 Å². The van der Waals surface area contributed by atoms with Crippen LogP contribution >= 0.6 is 0 Å². The lowest BCUT2D eigenvalue weighted by Gasteiger charge is -2.32. The second-order valence-electron chi connectivity index (χ2n) is 6.00. The molecule has 2 aromatic carbocycles. The molecule has 0 aliphatic rings. The molecule has 0 N–H and O–H groups in total. The number of rotatable bonds is 6. The van der Waals surface area contributed by atoms with Crippen molar-refractivity contribution in [2.24, 2.45) is 0 Å². The standard InChI is InChI=1S/C21H25NO/c1-5-20(23)21(16-17(2)22(3)4,18-12-8-6-9-13-18)19-14-10-7-11-15-19/h6-16H,5H2,1-4H3/b17-16+. The molecule has 0 aromatic heterocycles. The van der Waals surface area contributed by atoms with Crippen molar-refractivity contribution in [1.29, 1.82) is 0 Å². The summed E-state index contributed by atoms with van der Waals surface area (Å²) in [7, 11) is 4.01. The van der Waals surface area contributed by atoms with Crippen LogP contribution in [-0.4, -0.2) is 24.8 Å². The van der Waals surface area contributed by atoms with Gasteiger partial charge in [-0.1, -0.05) is 67.6 Å². The van der Waals surface area contributed by atoms with E-state index in [1.54, 1.807) is 0 Å². The minimum absolute atomic E-state index is 0.205. The highest BCUT2D eigenvalue weighted by Crippen LogP contribution is 2.37. The molecular weight excluding hydrogens is 282 g/mol. The van der Waals surface area contributed by atoms with Crippen molar-refractivity contribution in [2.45, 2.75) is 25.7 Å². The summed E-state index contributed by atoms with van der Waals surface area (Å²) in [5, 5.41) is 0. The molecule has 0 amide bonds. The summed E-state index contributed by atoms with van der Waals surface area (Å²) in [4.78, 5) is 15.2. The quantitative estimate of drug-likeness (QED) is 0.787. The van der Waals surface area contributed by atoms with Gasteiger partial charge in [0.15, 0.2) is 5.78 Å². The number of benzene rings is 2. The molecule has 0 atom stereocenters. The Morgan fingerprint density at radius 2 is 1.39 bits per heavy atom. The molecule has 0 saturated carbocycles. The van der Waals surface area contributed by atoms with Crippen molar-refractivity contribution in [1.82, 2.24) is 4.90 Å². The summed E-state index contributed by atoms with van der Waals surface area (Å²) >= 11 is 0. The van der Waals surface area contributed by atoms with Crippen molar-refractivity contribution >= 4 is 5.78 Å². The molecule has 0 bridgehead atoms. The molecular formula is C21H25NO. The number of nitrogens with zero attached hydrogens (tertiary/aromatic N) is 1. The van der Waals surface area contributed by atoms with Crippen LogP contribution in [0, 0.1) is 0 Å². The van der Waals surface area contributed by atoms with E-state index in [9.17, 15) is 4.79 Å². The van der Waals surface area contributed by atoms with Gasteiger partial charge in [0.2, 0.25) is 0 Å². The Kier molecular flexibility index (Phi) is 5.38. The van der Waals surface area contributed by atoms with E-state index in [1.807, 2.05) is 93.5 Å². The Bertz CT molecular complexity index is 632. The van der Waals surface area contributed by atoms with Gasteiger partial charge in [0.25, 0.3) is 0 Å². The zero-order chi connectivity index (χ0) is 16.9. The van der Waals surface area contributed by atoms with E-state index in [2.05, 4.69) is 6.08 Å². The second kappa shape index (κ2) is 7.28. The maximum Gasteiger partial charge on any atom is 0.151 e. The lowest BCUT2D eigenvalue weighted by atomic mass is 9.70. The fourth-order valence-electron chi connectivity index (χ4n) is 2.86. The molecule has 0 saturated heterocycles. The van der Waals surface area contributed by atoms with Gasteiger partial charge in [0.1, 0.15) is 0 Å². The Hall–Kier alpha value is -2.35. The summed E-state index contributed by atoms with van der Waals surface area (Å²) in [5.74, 6) is 0.205. The average molecular weight is 307 g/mol. The molecule has 0 heterocycles. The topological polar surface area (TPSA) is 20.3 Å². The van der Waals surface area contributed by atoms with Gasteiger partial charge >= 0.3 is 0 Å². The van der Waals surface area contributed by atoms with E-state index in [1.165, 1.54) is 0 Å². The molecule has 2 heteroatoms. The number of allylic oxidation sites excluding steroid dienone is 2. The third-order valence-electron chi connectivity index (χ3n) is 4.35. The number of ketones is 1. The third-order valence-corrected chi connectivity index (χ3v) is 4.35. The molecule has 120 valence electrons. The van der Waals surface area contributed by atoms with E-state index < -0.39 is 5.41 Å². The van der Waals surface area contributed by atoms with Crippen molar-refractivity contribution in [3.63, 3.8) is 0 Å². The monoisotopic (exact) mass is 307 g/mol. The van der Waals surface area contributed by atoms with Crippen LogP contribution in [-0.2, 0) is 10.2 Å². The Balaban J connectivity index is 2.80. The van der Waals surface area contributed by atoms with Crippen LogP contribution in [0.1, 0.15) is 31.4 Å². The third kappa shape index (κ3) is 3.37. The molecule has 2 aromatic rings. The summed E-state index contributed by atoms with van der Waals surface area (Å²) in [6, 6.07) is 20.1. The smallest absolute Gasteiger partial charge is 0.151 e. The van der Waals surface area contributed by atoms with Crippen molar-refractivity contribution in [2.75, 3.05) is 14.1 Å². The minimum atomic E-state index is -0.744. The van der Waals surface area contributed by atoms with Gasteiger partial charge in [-0.25, -0.2) is 0 Å². The Morgan fingerprint density at radius 3 is 1.74 bits per heavy atom. The van der Waals surface area contributed by atoms with E-state index in [0.29, 0.717) is 6.42 Å². The number of carbonyl (C=O) groups excluding carboxylic acids is 1. The predicted molar refractivity (Wildman–Crippen MR) is 96.4 cm³/mol. The van der Waals surface area contributed by atoms with Gasteiger partial charge in [-0.15, -0.1) is 0 Å². The average Bonchev–Trinajstić information content (AvgIpc) is 2.60. The van der Waals surface area contributed by atoms with Gasteiger partial charge in [-0.2, -0.15) is 0 Å². The van der Waals surface area contributed by atoms with Gasteiger partial charge in [0, 0.05) is 26.2 Å². The summed E-state index contributed by atoms with van der Waals surface area (Å²) in [6.07, 6.45) is 2.59. The van der Waals surface area contributed by atoms with Crippen LogP contribution in [0.2, 0.25) is 0 Å². The first kappa shape index (κ1) is 17.0. The summed E-state index contributed by atoms with van der Waals surface area (Å²) in [5.41, 5.74) is 2.35.